The van der Waals surface area contributed by atoms with Crippen molar-refractivity contribution in [3.05, 3.63) is 70.8 Å². The molecule has 18 heavy (non-hydrogen) atoms. The topological polar surface area (TPSA) is 17.1 Å². The van der Waals surface area contributed by atoms with Gasteiger partial charge in [-0.3, -0.25) is 4.79 Å². The lowest BCUT2D eigenvalue weighted by atomic mass is 9.93. The van der Waals surface area contributed by atoms with Gasteiger partial charge in [0.2, 0.25) is 0 Å². The monoisotopic (exact) mass is 244 g/mol. The van der Waals surface area contributed by atoms with E-state index < -0.39 is 11.6 Å². The van der Waals surface area contributed by atoms with Crippen molar-refractivity contribution in [2.45, 2.75) is 12.3 Å². The van der Waals surface area contributed by atoms with E-state index in [1.54, 1.807) is 12.1 Å². The van der Waals surface area contributed by atoms with Crippen molar-refractivity contribution >= 4 is 5.78 Å². The van der Waals surface area contributed by atoms with E-state index in [2.05, 4.69) is 0 Å². The minimum Gasteiger partial charge on any atom is -0.294 e. The van der Waals surface area contributed by atoms with Crippen molar-refractivity contribution in [2.75, 3.05) is 0 Å². The third-order valence-electron chi connectivity index (χ3n) is 3.37. The summed E-state index contributed by atoms with van der Waals surface area (Å²) in [5.41, 5.74) is 2.23. The largest absolute Gasteiger partial charge is 0.294 e. The first-order valence-electron chi connectivity index (χ1n) is 5.74. The Balaban J connectivity index is 2.09. The van der Waals surface area contributed by atoms with E-state index in [9.17, 15) is 13.6 Å². The van der Waals surface area contributed by atoms with Crippen molar-refractivity contribution < 1.29 is 13.6 Å². The summed E-state index contributed by atoms with van der Waals surface area (Å²) in [5.74, 6) is -1.84. The summed E-state index contributed by atoms with van der Waals surface area (Å²) >= 11 is 0. The van der Waals surface area contributed by atoms with Gasteiger partial charge in [0.05, 0.1) is 0 Å². The molecule has 0 amide bonds. The standard InChI is InChI=1S/C15H10F2O/c16-13-6-5-9(7-14(13)17)12-8-15(18)11-4-2-1-3-10(11)12/h1-7,12H,8H2/t12-/m0/s1. The molecular weight excluding hydrogens is 234 g/mol. The van der Waals surface area contributed by atoms with Gasteiger partial charge in [0.15, 0.2) is 17.4 Å². The van der Waals surface area contributed by atoms with E-state index in [0.717, 1.165) is 11.6 Å². The molecule has 0 aliphatic heterocycles. The van der Waals surface area contributed by atoms with Gasteiger partial charge in [-0.05, 0) is 23.3 Å². The number of benzene rings is 2. The van der Waals surface area contributed by atoms with E-state index in [1.165, 1.54) is 6.07 Å². The normalized spacial score (nSPS) is 17.9. The second-order valence-electron chi connectivity index (χ2n) is 4.44. The second-order valence-corrected chi connectivity index (χ2v) is 4.44. The Morgan fingerprint density at radius 3 is 2.56 bits per heavy atom. The highest BCUT2D eigenvalue weighted by Crippen LogP contribution is 2.38. The van der Waals surface area contributed by atoms with Crippen LogP contribution in [0.15, 0.2) is 42.5 Å². The Hall–Kier alpha value is -2.03. The average molecular weight is 244 g/mol. The maximum atomic E-state index is 13.2. The highest BCUT2D eigenvalue weighted by Gasteiger charge is 2.30. The SMILES string of the molecule is O=C1C[C@@H](c2ccc(F)c(F)c2)c2ccccc21. The molecule has 0 bridgehead atoms. The maximum Gasteiger partial charge on any atom is 0.164 e. The number of carbonyl (C=O) groups is 1. The minimum absolute atomic E-state index is 0.0559. The number of carbonyl (C=O) groups excluding carboxylic acids is 1. The van der Waals surface area contributed by atoms with Crippen LogP contribution in [0.3, 0.4) is 0 Å². The molecule has 1 aliphatic rings. The lowest BCUT2D eigenvalue weighted by molar-refractivity contribution is 0.0991. The first kappa shape index (κ1) is 11.1. The third-order valence-corrected chi connectivity index (χ3v) is 3.37. The van der Waals surface area contributed by atoms with E-state index in [1.807, 2.05) is 18.2 Å². The molecule has 0 radical (unpaired) electrons. The lowest BCUT2D eigenvalue weighted by Gasteiger charge is -2.11. The Morgan fingerprint density at radius 2 is 1.78 bits per heavy atom. The van der Waals surface area contributed by atoms with Gasteiger partial charge < -0.3 is 0 Å². The molecule has 1 nitrogen and oxygen atoms in total. The number of Topliss-reactive ketones (excluding diaryl/α,β-unsaturated/α-hetero) is 1. The number of hydrogen-bond donors (Lipinski definition) is 0. The Labute approximate surface area is 103 Å². The van der Waals surface area contributed by atoms with E-state index >= 15 is 0 Å². The van der Waals surface area contributed by atoms with Crippen LogP contribution >= 0.6 is 0 Å². The van der Waals surface area contributed by atoms with Crippen LogP contribution in [-0.4, -0.2) is 5.78 Å². The number of rotatable bonds is 1. The molecule has 1 aliphatic carbocycles. The molecule has 3 rings (SSSR count). The van der Waals surface area contributed by atoms with Crippen LogP contribution in [-0.2, 0) is 0 Å². The van der Waals surface area contributed by atoms with Crippen molar-refractivity contribution in [1.29, 1.82) is 0 Å². The van der Waals surface area contributed by atoms with E-state index in [4.69, 9.17) is 0 Å². The summed E-state index contributed by atoms with van der Waals surface area (Å²) in [7, 11) is 0. The summed E-state index contributed by atoms with van der Waals surface area (Å²) in [6.45, 7) is 0. The zero-order chi connectivity index (χ0) is 12.7. The number of hydrogen-bond acceptors (Lipinski definition) is 1. The van der Waals surface area contributed by atoms with Crippen LogP contribution in [0.1, 0.15) is 33.8 Å². The molecule has 0 fully saturated rings. The van der Waals surface area contributed by atoms with Gasteiger partial charge in [-0.1, -0.05) is 30.3 Å². The van der Waals surface area contributed by atoms with Crippen LogP contribution in [0.2, 0.25) is 0 Å². The molecule has 1 atom stereocenters. The Kier molecular flexibility index (Phi) is 2.47. The highest BCUT2D eigenvalue weighted by molar-refractivity contribution is 6.01. The highest BCUT2D eigenvalue weighted by atomic mass is 19.2. The first-order chi connectivity index (χ1) is 8.66. The molecule has 90 valence electrons. The summed E-state index contributed by atoms with van der Waals surface area (Å²) in [6, 6.07) is 11.1. The van der Waals surface area contributed by atoms with Crippen molar-refractivity contribution in [1.82, 2.24) is 0 Å². The van der Waals surface area contributed by atoms with Gasteiger partial charge in [-0.25, -0.2) is 8.78 Å². The molecule has 0 spiro atoms. The van der Waals surface area contributed by atoms with E-state index in [0.29, 0.717) is 17.5 Å². The van der Waals surface area contributed by atoms with Crippen LogP contribution < -0.4 is 0 Å². The van der Waals surface area contributed by atoms with Gasteiger partial charge in [-0.15, -0.1) is 0 Å². The van der Waals surface area contributed by atoms with Gasteiger partial charge >= 0.3 is 0 Å². The summed E-state index contributed by atoms with van der Waals surface area (Å²) in [6.07, 6.45) is 0.324. The molecule has 2 aromatic rings. The average Bonchev–Trinajstić information content (AvgIpc) is 2.71. The quantitative estimate of drug-likeness (QED) is 0.747. The second kappa shape index (κ2) is 4.02. The lowest BCUT2D eigenvalue weighted by Crippen LogP contribution is -1.98. The Bertz CT molecular complexity index is 634. The number of halogens is 2. The fraction of sp³-hybridized carbons (Fsp3) is 0.133. The number of ketones is 1. The predicted octanol–water partition coefficient (Wildman–Crippen LogP) is 3.68. The summed E-state index contributed by atoms with van der Waals surface area (Å²) < 4.78 is 26.2. The molecular formula is C15H10F2O. The molecule has 0 saturated carbocycles. The van der Waals surface area contributed by atoms with Crippen molar-refractivity contribution in [2.24, 2.45) is 0 Å². The van der Waals surface area contributed by atoms with Crippen LogP contribution in [0.5, 0.6) is 0 Å². The fourth-order valence-corrected chi connectivity index (χ4v) is 2.49. The predicted molar refractivity (Wildman–Crippen MR) is 63.6 cm³/mol. The molecule has 0 unspecified atom stereocenters. The molecule has 0 N–H and O–H groups in total. The minimum atomic E-state index is -0.871. The third kappa shape index (κ3) is 1.63. The van der Waals surface area contributed by atoms with E-state index in [-0.39, 0.29) is 11.7 Å². The molecule has 0 heterocycles. The van der Waals surface area contributed by atoms with Crippen molar-refractivity contribution in [3.8, 4) is 0 Å². The summed E-state index contributed by atoms with van der Waals surface area (Å²) in [5, 5.41) is 0. The van der Waals surface area contributed by atoms with Gasteiger partial charge in [0.25, 0.3) is 0 Å². The smallest absolute Gasteiger partial charge is 0.164 e. The maximum absolute atomic E-state index is 13.2. The van der Waals surface area contributed by atoms with Crippen LogP contribution in [0.25, 0.3) is 0 Å². The zero-order valence-corrected chi connectivity index (χ0v) is 9.49. The van der Waals surface area contributed by atoms with Crippen LogP contribution in [0.4, 0.5) is 8.78 Å². The summed E-state index contributed by atoms with van der Waals surface area (Å²) in [4.78, 5) is 11.8. The first-order valence-corrected chi connectivity index (χ1v) is 5.74. The zero-order valence-electron chi connectivity index (χ0n) is 9.49. The molecule has 2 aromatic carbocycles. The molecule has 0 saturated heterocycles. The van der Waals surface area contributed by atoms with Crippen LogP contribution in [0, 0.1) is 11.6 Å². The molecule has 0 aromatic heterocycles. The van der Waals surface area contributed by atoms with Gasteiger partial charge in [0, 0.05) is 17.9 Å². The number of fused-ring (bicyclic) bond motifs is 1. The van der Waals surface area contributed by atoms with Gasteiger partial charge in [0.1, 0.15) is 0 Å². The van der Waals surface area contributed by atoms with Crippen molar-refractivity contribution in [3.63, 3.8) is 0 Å². The van der Waals surface area contributed by atoms with Gasteiger partial charge in [-0.2, -0.15) is 0 Å². The fourth-order valence-electron chi connectivity index (χ4n) is 2.49. The molecule has 3 heteroatoms. The Morgan fingerprint density at radius 1 is 1.00 bits per heavy atom.